The maximum atomic E-state index is 14.7. The number of piperidine rings is 4. The van der Waals surface area contributed by atoms with Crippen molar-refractivity contribution in [1.29, 1.82) is 0 Å². The number of nitrogens with zero attached hydrogens (tertiary/aromatic N) is 7. The molecule has 0 radical (unpaired) electrons. The molecule has 0 saturated carbocycles. The number of ether oxygens (including phenoxy) is 6. The second kappa shape index (κ2) is 23.5. The van der Waals surface area contributed by atoms with Gasteiger partial charge in [-0.2, -0.15) is 14.4 Å². The Bertz CT molecular complexity index is 2410. The molecular weight excluding hydrogens is 868 g/mol. The molecule has 2 aromatic heterocycles. The summed E-state index contributed by atoms with van der Waals surface area (Å²) in [4.78, 5) is 26.8. The predicted molar refractivity (Wildman–Crippen MR) is 268 cm³/mol. The molecule has 9 rings (SSSR count). The largest absolute Gasteiger partial charge is 0.493 e. The number of hydrogen-bond donors (Lipinski definition) is 3. The number of benzene rings is 3. The Balaban J connectivity index is 0.000000200. The molecule has 0 aliphatic carbocycles. The van der Waals surface area contributed by atoms with Crippen LogP contribution in [0.15, 0.2) is 36.4 Å². The van der Waals surface area contributed by atoms with Crippen LogP contribution < -0.4 is 54.2 Å². The first kappa shape index (κ1) is 48.6. The minimum absolute atomic E-state index is 0.247. The van der Waals surface area contributed by atoms with Crippen LogP contribution in [0.25, 0.3) is 21.8 Å². The highest BCUT2D eigenvalue weighted by Crippen LogP contribution is 2.39. The summed E-state index contributed by atoms with van der Waals surface area (Å²) < 4.78 is 47.9. The molecule has 0 unspecified atom stereocenters. The number of anilines is 4. The maximum Gasteiger partial charge on any atom is 0.225 e. The van der Waals surface area contributed by atoms with Crippen molar-refractivity contribution in [3.05, 3.63) is 47.8 Å². The Kier molecular flexibility index (Phi) is 16.8. The van der Waals surface area contributed by atoms with Gasteiger partial charge in [-0.1, -0.05) is 0 Å². The summed E-state index contributed by atoms with van der Waals surface area (Å²) in [7, 11) is 6.62. The van der Waals surface area contributed by atoms with Crippen molar-refractivity contribution in [2.24, 2.45) is 0 Å². The monoisotopic (exact) mass is 939 g/mol. The molecule has 6 heterocycles. The van der Waals surface area contributed by atoms with E-state index in [4.69, 9.17) is 48.4 Å². The van der Waals surface area contributed by atoms with Crippen LogP contribution in [0.5, 0.6) is 34.5 Å². The van der Waals surface area contributed by atoms with E-state index in [0.717, 1.165) is 130 Å². The van der Waals surface area contributed by atoms with E-state index in [1.54, 1.807) is 40.6 Å². The quantitative estimate of drug-likeness (QED) is 0.0867. The molecule has 3 N–H and O–H groups in total. The van der Waals surface area contributed by atoms with Crippen molar-refractivity contribution in [2.45, 2.75) is 96.7 Å². The van der Waals surface area contributed by atoms with Crippen LogP contribution in [0.2, 0.25) is 0 Å². The van der Waals surface area contributed by atoms with Gasteiger partial charge in [0.1, 0.15) is 11.6 Å². The van der Waals surface area contributed by atoms with Gasteiger partial charge in [0.25, 0.3) is 0 Å². The van der Waals surface area contributed by atoms with Gasteiger partial charge in [0.2, 0.25) is 17.7 Å². The number of likely N-dealkylation sites (tertiary alicyclic amines) is 1. The van der Waals surface area contributed by atoms with E-state index in [9.17, 15) is 4.39 Å². The van der Waals surface area contributed by atoms with E-state index >= 15 is 0 Å². The summed E-state index contributed by atoms with van der Waals surface area (Å²) in [6, 6.07) is 12.1. The van der Waals surface area contributed by atoms with E-state index in [1.807, 2.05) is 38.1 Å². The van der Waals surface area contributed by atoms with E-state index in [0.29, 0.717) is 60.7 Å². The van der Waals surface area contributed by atoms with Crippen molar-refractivity contribution in [3.8, 4) is 34.5 Å². The summed E-state index contributed by atoms with van der Waals surface area (Å²) in [5.74, 6) is 6.10. The van der Waals surface area contributed by atoms with Crippen LogP contribution in [0.4, 0.5) is 27.9 Å². The van der Waals surface area contributed by atoms with Gasteiger partial charge in [0.15, 0.2) is 34.5 Å². The molecule has 0 amide bonds. The predicted octanol–water partition coefficient (Wildman–Crippen LogP) is 8.45. The number of rotatable bonds is 16. The number of hydrogen-bond acceptors (Lipinski definition) is 16. The Morgan fingerprint density at radius 3 is 1.40 bits per heavy atom. The molecule has 3 aromatic carbocycles. The molecule has 0 spiro atoms. The second-order valence-electron chi connectivity index (χ2n) is 17.9. The lowest BCUT2D eigenvalue weighted by atomic mass is 10.0. The Labute approximate surface area is 400 Å². The zero-order valence-corrected chi connectivity index (χ0v) is 40.9. The maximum absolute atomic E-state index is 14.7. The van der Waals surface area contributed by atoms with E-state index in [1.165, 1.54) is 25.7 Å². The molecule has 4 saturated heterocycles. The van der Waals surface area contributed by atoms with E-state index < -0.39 is 5.82 Å². The van der Waals surface area contributed by atoms with Crippen molar-refractivity contribution < 1.29 is 32.8 Å². The first-order valence-corrected chi connectivity index (χ1v) is 24.7. The van der Waals surface area contributed by atoms with Gasteiger partial charge in [-0.3, -0.25) is 4.90 Å². The third-order valence-electron chi connectivity index (χ3n) is 13.3. The van der Waals surface area contributed by atoms with Gasteiger partial charge in [-0.05, 0) is 121 Å². The fourth-order valence-electron chi connectivity index (χ4n) is 9.77. The van der Waals surface area contributed by atoms with E-state index in [2.05, 4.69) is 30.7 Å². The van der Waals surface area contributed by atoms with Crippen molar-refractivity contribution in [1.82, 2.24) is 30.2 Å². The van der Waals surface area contributed by atoms with Gasteiger partial charge in [0.05, 0.1) is 52.7 Å². The zero-order valence-electron chi connectivity index (χ0n) is 40.9. The highest BCUT2D eigenvalue weighted by molar-refractivity contribution is 5.94. The summed E-state index contributed by atoms with van der Waals surface area (Å²) in [6.07, 6.45) is 11.3. The van der Waals surface area contributed by atoms with Gasteiger partial charge in [0, 0.05) is 80.8 Å². The standard InChI is InChI=1S/C31H42FN5O4.C20H29N5O2/c1-5-40-27-16-21(17-28(29(27)32)41-6-2)20-36-14-10-22(11-15-36)33-31-34-24-19-26(39-4)25(38-3)18-23(24)30(35-31)37-12-8-7-9-13-37;1-26-17-12-15-16(13-18(17)27-2)23-20(22-14-6-8-21-9-7-14)24-19(15)25-10-4-3-5-11-25/h16-19,22H,5-15,20H2,1-4H3,(H,33,34,35);12-14,21H,3-11H2,1-2H3,(H,22,23,24). The third-order valence-corrected chi connectivity index (χ3v) is 13.3. The topological polar surface area (TPSA) is 153 Å². The molecule has 4 fully saturated rings. The molecular formula is C51H71FN10O6. The van der Waals surface area contributed by atoms with E-state index in [-0.39, 0.29) is 17.5 Å². The van der Waals surface area contributed by atoms with Crippen LogP contribution in [0, 0.1) is 5.82 Å². The lowest BCUT2D eigenvalue weighted by molar-refractivity contribution is 0.210. The molecule has 5 aromatic rings. The lowest BCUT2D eigenvalue weighted by Crippen LogP contribution is -2.39. The zero-order chi connectivity index (χ0) is 47.4. The SMILES string of the molecule is CCOc1cc(CN2CCC(Nc3nc(N4CCCCC4)c4cc(OC)c(OC)cc4n3)CC2)cc(OCC)c1F.COc1cc2nc(NC3CCNCC3)nc(N3CCCCC3)c2cc1OC. The van der Waals surface area contributed by atoms with Gasteiger partial charge < -0.3 is 54.2 Å². The van der Waals surface area contributed by atoms with Crippen LogP contribution >= 0.6 is 0 Å². The van der Waals surface area contributed by atoms with Crippen molar-refractivity contribution in [3.63, 3.8) is 0 Å². The number of halogens is 1. The van der Waals surface area contributed by atoms with Gasteiger partial charge >= 0.3 is 0 Å². The molecule has 4 aliphatic rings. The first-order chi connectivity index (χ1) is 33.3. The Morgan fingerprint density at radius 2 is 0.971 bits per heavy atom. The number of aromatic nitrogens is 4. The smallest absolute Gasteiger partial charge is 0.225 e. The average molecular weight is 939 g/mol. The molecule has 0 atom stereocenters. The van der Waals surface area contributed by atoms with Gasteiger partial charge in [-0.25, -0.2) is 9.97 Å². The summed E-state index contributed by atoms with van der Waals surface area (Å²) in [6.45, 7) is 13.1. The van der Waals surface area contributed by atoms with Crippen LogP contribution in [-0.4, -0.2) is 131 Å². The van der Waals surface area contributed by atoms with Crippen molar-refractivity contribution in [2.75, 3.05) is 114 Å². The van der Waals surface area contributed by atoms with Gasteiger partial charge in [-0.15, -0.1) is 0 Å². The second-order valence-corrected chi connectivity index (χ2v) is 17.9. The summed E-state index contributed by atoms with van der Waals surface area (Å²) in [5.41, 5.74) is 2.71. The fourth-order valence-corrected chi connectivity index (χ4v) is 9.77. The fraction of sp³-hybridized carbons (Fsp3) is 0.569. The Morgan fingerprint density at radius 1 is 0.544 bits per heavy atom. The van der Waals surface area contributed by atoms with Crippen LogP contribution in [0.1, 0.15) is 83.6 Å². The number of fused-ring (bicyclic) bond motifs is 2. The normalized spacial score (nSPS) is 17.3. The Hall–Kier alpha value is -5.81. The van der Waals surface area contributed by atoms with Crippen molar-refractivity contribution >= 4 is 45.3 Å². The highest BCUT2D eigenvalue weighted by Gasteiger charge is 2.25. The average Bonchev–Trinajstić information content (AvgIpc) is 3.38. The molecule has 4 aliphatic heterocycles. The lowest BCUT2D eigenvalue weighted by Gasteiger charge is -2.33. The van der Waals surface area contributed by atoms with Crippen LogP contribution in [-0.2, 0) is 6.54 Å². The molecule has 68 heavy (non-hydrogen) atoms. The van der Waals surface area contributed by atoms with Crippen LogP contribution in [0.3, 0.4) is 0 Å². The summed E-state index contributed by atoms with van der Waals surface area (Å²) in [5, 5.41) is 12.6. The number of nitrogens with one attached hydrogen (secondary N) is 3. The summed E-state index contributed by atoms with van der Waals surface area (Å²) >= 11 is 0. The molecule has 0 bridgehead atoms. The highest BCUT2D eigenvalue weighted by atomic mass is 19.1. The molecule has 16 nitrogen and oxygen atoms in total. The minimum Gasteiger partial charge on any atom is -0.493 e. The third kappa shape index (κ3) is 11.7. The molecule has 17 heteroatoms. The molecule has 368 valence electrons. The minimum atomic E-state index is -0.435. The number of methoxy groups -OCH3 is 4. The first-order valence-electron chi connectivity index (χ1n) is 24.7.